The van der Waals surface area contributed by atoms with Crippen molar-refractivity contribution in [3.63, 3.8) is 0 Å². The van der Waals surface area contributed by atoms with E-state index in [9.17, 15) is 9.90 Å². The van der Waals surface area contributed by atoms with Gasteiger partial charge in [-0.3, -0.25) is 9.69 Å². The summed E-state index contributed by atoms with van der Waals surface area (Å²) in [5.74, 6) is 0.251. The van der Waals surface area contributed by atoms with E-state index in [1.165, 1.54) is 24.0 Å². The number of para-hydroxylation sites is 1. The SMILES string of the molecule is CCc1cc2c(=O)c(-c3nc4ccccc4s3)coc2c(CN2[C@H](C)CCC[C@@H]2C)c1O. The van der Waals surface area contributed by atoms with Gasteiger partial charge in [0.05, 0.1) is 26.7 Å². The Labute approximate surface area is 191 Å². The van der Waals surface area contributed by atoms with Gasteiger partial charge in [0.1, 0.15) is 22.6 Å². The third-order valence-corrected chi connectivity index (χ3v) is 7.90. The third-order valence-electron chi connectivity index (χ3n) is 6.83. The van der Waals surface area contributed by atoms with Crippen LogP contribution in [0.25, 0.3) is 31.8 Å². The summed E-state index contributed by atoms with van der Waals surface area (Å²) in [6.45, 7) is 7.04. The molecule has 5 nitrogen and oxygen atoms in total. The van der Waals surface area contributed by atoms with Crippen LogP contribution in [0.15, 0.2) is 45.8 Å². The number of thiazole rings is 1. The van der Waals surface area contributed by atoms with Crippen molar-refractivity contribution in [2.24, 2.45) is 0 Å². The minimum atomic E-state index is -0.0963. The fraction of sp³-hybridized carbons (Fsp3) is 0.385. The fourth-order valence-corrected chi connectivity index (χ4v) is 5.88. The van der Waals surface area contributed by atoms with E-state index in [0.717, 1.165) is 28.6 Å². The van der Waals surface area contributed by atoms with Gasteiger partial charge in [-0.2, -0.15) is 0 Å². The predicted molar refractivity (Wildman–Crippen MR) is 130 cm³/mol. The van der Waals surface area contributed by atoms with Crippen LogP contribution >= 0.6 is 11.3 Å². The molecule has 1 saturated heterocycles. The van der Waals surface area contributed by atoms with Crippen LogP contribution in [0.3, 0.4) is 0 Å². The Kier molecular flexibility index (Phi) is 5.51. The number of likely N-dealkylation sites (tertiary alicyclic amines) is 1. The van der Waals surface area contributed by atoms with Gasteiger partial charge in [0.15, 0.2) is 0 Å². The lowest BCUT2D eigenvalue weighted by atomic mass is 9.95. The number of hydrogen-bond acceptors (Lipinski definition) is 6. The van der Waals surface area contributed by atoms with Gasteiger partial charge in [-0.15, -0.1) is 11.3 Å². The van der Waals surface area contributed by atoms with E-state index >= 15 is 0 Å². The van der Waals surface area contributed by atoms with E-state index in [2.05, 4.69) is 23.7 Å². The first kappa shape index (κ1) is 21.2. The molecule has 1 aliphatic heterocycles. The molecular formula is C26H28N2O3S. The first-order valence-electron chi connectivity index (χ1n) is 11.4. The molecule has 3 heterocycles. The molecule has 6 heteroatoms. The molecule has 1 fully saturated rings. The highest BCUT2D eigenvalue weighted by atomic mass is 32.1. The Morgan fingerprint density at radius 3 is 2.69 bits per heavy atom. The van der Waals surface area contributed by atoms with Crippen LogP contribution in [-0.4, -0.2) is 27.1 Å². The van der Waals surface area contributed by atoms with Crippen molar-refractivity contribution in [1.29, 1.82) is 0 Å². The van der Waals surface area contributed by atoms with Crippen molar-refractivity contribution < 1.29 is 9.52 Å². The maximum Gasteiger partial charge on any atom is 0.202 e. The highest BCUT2D eigenvalue weighted by Crippen LogP contribution is 2.36. The Hall–Kier alpha value is -2.70. The van der Waals surface area contributed by atoms with Gasteiger partial charge in [0, 0.05) is 18.6 Å². The second-order valence-corrected chi connectivity index (χ2v) is 9.89. The van der Waals surface area contributed by atoms with Gasteiger partial charge in [-0.1, -0.05) is 25.5 Å². The summed E-state index contributed by atoms with van der Waals surface area (Å²) in [7, 11) is 0. The monoisotopic (exact) mass is 448 g/mol. The lowest BCUT2D eigenvalue weighted by Crippen LogP contribution is -2.43. The summed E-state index contributed by atoms with van der Waals surface area (Å²) in [4.78, 5) is 20.6. The van der Waals surface area contributed by atoms with Crippen LogP contribution in [0.1, 0.15) is 51.2 Å². The molecule has 0 radical (unpaired) electrons. The van der Waals surface area contributed by atoms with Crippen LogP contribution in [0.4, 0.5) is 0 Å². The maximum absolute atomic E-state index is 13.6. The van der Waals surface area contributed by atoms with E-state index in [-0.39, 0.29) is 11.2 Å². The molecule has 0 unspecified atom stereocenters. The van der Waals surface area contributed by atoms with E-state index in [1.807, 2.05) is 31.2 Å². The fourth-order valence-electron chi connectivity index (χ4n) is 4.91. The topological polar surface area (TPSA) is 66.6 Å². The number of phenols is 1. The molecule has 0 saturated carbocycles. The minimum Gasteiger partial charge on any atom is -0.507 e. The molecule has 32 heavy (non-hydrogen) atoms. The van der Waals surface area contributed by atoms with Crippen LogP contribution in [0.5, 0.6) is 5.75 Å². The van der Waals surface area contributed by atoms with Crippen molar-refractivity contribution >= 4 is 32.5 Å². The number of aryl methyl sites for hydroxylation is 1. The molecule has 2 aromatic carbocycles. The Bertz CT molecular complexity index is 1310. The lowest BCUT2D eigenvalue weighted by Gasteiger charge is -2.39. The van der Waals surface area contributed by atoms with Crippen molar-refractivity contribution in [3.05, 3.63) is 57.9 Å². The molecule has 166 valence electrons. The van der Waals surface area contributed by atoms with Crippen LogP contribution in [-0.2, 0) is 13.0 Å². The Morgan fingerprint density at radius 2 is 1.97 bits per heavy atom. The Morgan fingerprint density at radius 1 is 1.22 bits per heavy atom. The normalized spacial score (nSPS) is 19.7. The largest absolute Gasteiger partial charge is 0.507 e. The standard InChI is InChI=1S/C26H28N2O3S/c1-4-17-12-18-24(30)20(26-27-21-10-5-6-11-22(21)32-26)14-31-25(18)19(23(17)29)13-28-15(2)8-7-9-16(28)3/h5-6,10-12,14-16,29H,4,7-9,13H2,1-3H3/t15-,16+. The van der Waals surface area contributed by atoms with Crippen molar-refractivity contribution in [2.45, 2.75) is 65.1 Å². The first-order chi connectivity index (χ1) is 15.5. The molecule has 1 N–H and O–H groups in total. The zero-order valence-electron chi connectivity index (χ0n) is 18.7. The highest BCUT2D eigenvalue weighted by molar-refractivity contribution is 7.21. The van der Waals surface area contributed by atoms with Crippen molar-refractivity contribution in [1.82, 2.24) is 9.88 Å². The zero-order valence-corrected chi connectivity index (χ0v) is 19.5. The number of aromatic hydroxyl groups is 1. The van der Waals surface area contributed by atoms with E-state index in [4.69, 9.17) is 4.42 Å². The average Bonchev–Trinajstić information content (AvgIpc) is 3.21. The second-order valence-electron chi connectivity index (χ2n) is 8.86. The number of hydrogen-bond donors (Lipinski definition) is 1. The van der Waals surface area contributed by atoms with Crippen LogP contribution in [0, 0.1) is 0 Å². The predicted octanol–water partition coefficient (Wildman–Crippen LogP) is 6.10. The van der Waals surface area contributed by atoms with Gasteiger partial charge < -0.3 is 9.52 Å². The molecule has 1 aliphatic rings. The smallest absolute Gasteiger partial charge is 0.202 e. The molecular weight excluding hydrogens is 420 g/mol. The molecule has 2 aromatic heterocycles. The average molecular weight is 449 g/mol. The van der Waals surface area contributed by atoms with Gasteiger partial charge >= 0.3 is 0 Å². The third kappa shape index (κ3) is 3.51. The number of piperidine rings is 1. The number of nitrogens with zero attached hydrogens (tertiary/aromatic N) is 2. The number of benzene rings is 2. The molecule has 0 bridgehead atoms. The first-order valence-corrected chi connectivity index (χ1v) is 12.2. The molecule has 5 rings (SSSR count). The summed E-state index contributed by atoms with van der Waals surface area (Å²) in [6.07, 6.45) is 5.66. The number of rotatable bonds is 4. The molecule has 2 atom stereocenters. The summed E-state index contributed by atoms with van der Waals surface area (Å²) < 4.78 is 7.12. The van der Waals surface area contributed by atoms with E-state index in [1.54, 1.807) is 6.07 Å². The summed E-state index contributed by atoms with van der Waals surface area (Å²) in [6, 6.07) is 10.5. The van der Waals surface area contributed by atoms with Crippen molar-refractivity contribution in [2.75, 3.05) is 0 Å². The lowest BCUT2D eigenvalue weighted by molar-refractivity contribution is 0.0945. The van der Waals surface area contributed by atoms with E-state index in [0.29, 0.717) is 52.2 Å². The van der Waals surface area contributed by atoms with Crippen LogP contribution < -0.4 is 5.43 Å². The van der Waals surface area contributed by atoms with Gasteiger partial charge in [-0.05, 0) is 56.9 Å². The second kappa shape index (κ2) is 8.34. The molecule has 4 aromatic rings. The molecule has 0 amide bonds. The van der Waals surface area contributed by atoms with E-state index < -0.39 is 0 Å². The van der Waals surface area contributed by atoms with Crippen molar-refractivity contribution in [3.8, 4) is 16.3 Å². The van der Waals surface area contributed by atoms with Gasteiger partial charge in [0.25, 0.3) is 0 Å². The minimum absolute atomic E-state index is 0.0963. The summed E-state index contributed by atoms with van der Waals surface area (Å²) in [5.41, 5.74) is 3.23. The Balaban J connectivity index is 1.67. The molecule has 0 aliphatic carbocycles. The van der Waals surface area contributed by atoms with Gasteiger partial charge in [-0.25, -0.2) is 4.98 Å². The number of aromatic nitrogens is 1. The zero-order chi connectivity index (χ0) is 22.4. The number of phenolic OH excluding ortho intramolecular Hbond substituents is 1. The quantitative estimate of drug-likeness (QED) is 0.409. The molecule has 0 spiro atoms. The summed E-state index contributed by atoms with van der Waals surface area (Å²) >= 11 is 1.49. The maximum atomic E-state index is 13.6. The number of fused-ring (bicyclic) bond motifs is 2. The van der Waals surface area contributed by atoms with Gasteiger partial charge in [0.2, 0.25) is 5.43 Å². The summed E-state index contributed by atoms with van der Waals surface area (Å²) in [5, 5.41) is 12.2. The highest BCUT2D eigenvalue weighted by Gasteiger charge is 2.28. The van der Waals surface area contributed by atoms with Crippen LogP contribution in [0.2, 0.25) is 0 Å².